The molecule has 0 radical (unpaired) electrons. The van der Waals surface area contributed by atoms with Gasteiger partial charge in [0.05, 0.1) is 45.6 Å². The molecule has 48 heavy (non-hydrogen) atoms. The fourth-order valence-corrected chi connectivity index (χ4v) is 7.31. The van der Waals surface area contributed by atoms with E-state index in [9.17, 15) is 0 Å². The Labute approximate surface area is 291 Å². The zero-order chi connectivity index (χ0) is 33.6. The average molecular weight is 645 g/mol. The molecule has 0 aliphatic carbocycles. The quantitative estimate of drug-likeness (QED) is 0.118. The third kappa shape index (κ3) is 9.83. The van der Waals surface area contributed by atoms with E-state index in [4.69, 9.17) is 20.0 Å². The van der Waals surface area contributed by atoms with Gasteiger partial charge in [-0.25, -0.2) is 20.0 Å². The van der Waals surface area contributed by atoms with E-state index in [1.807, 2.05) is 0 Å². The predicted molar refractivity (Wildman–Crippen MR) is 209 cm³/mol. The maximum absolute atomic E-state index is 5.64. The standard InChI is InChI=1S/C44H60N4/c1-5-9-13-17-21-33-29-38-31-36-26-25-34(45-36)30-35-27-28-37(46-35)32-42-39(22-18-14-10-6-2)40(23-19-15-11-7-3)44(48-42)41(43(33)47-38)24-20-16-12-8-4/h25-32H,5-24H2,1-4H3. The SMILES string of the molecule is CCCCCCC1=CC2=CC3=NC(=CC4=NC(=CC5=NC(=C(CCCCCC)C1=N2)C(CCCCCC)=C5CCCCCC)C=C4)C=C3. The Hall–Kier alpha value is -3.40. The zero-order valence-electron chi connectivity index (χ0n) is 30.5. The van der Waals surface area contributed by atoms with Gasteiger partial charge in [-0.2, -0.15) is 0 Å². The summed E-state index contributed by atoms with van der Waals surface area (Å²) in [6.45, 7) is 9.21. The number of aliphatic imine (C=N–C) groups is 4. The number of allylic oxidation sites excluding steroid dienone is 12. The number of fused-ring (bicyclic) bond motifs is 4. The molecule has 0 atom stereocenters. The van der Waals surface area contributed by atoms with E-state index in [1.165, 1.54) is 136 Å². The molecular weight excluding hydrogens is 585 g/mol. The highest BCUT2D eigenvalue weighted by molar-refractivity contribution is 6.19. The van der Waals surface area contributed by atoms with Crippen molar-refractivity contribution in [3.05, 3.63) is 93.7 Å². The van der Waals surface area contributed by atoms with E-state index in [-0.39, 0.29) is 0 Å². The zero-order valence-corrected chi connectivity index (χ0v) is 30.5. The molecule has 0 amide bonds. The van der Waals surface area contributed by atoms with Gasteiger partial charge in [0.15, 0.2) is 0 Å². The van der Waals surface area contributed by atoms with Crippen LogP contribution in [0.15, 0.2) is 114 Å². The predicted octanol–water partition coefficient (Wildman–Crippen LogP) is 12.9. The molecule has 0 spiro atoms. The third-order valence-corrected chi connectivity index (χ3v) is 10.0. The third-order valence-electron chi connectivity index (χ3n) is 10.0. The highest BCUT2D eigenvalue weighted by atomic mass is 14.9. The summed E-state index contributed by atoms with van der Waals surface area (Å²) in [6, 6.07) is 0. The van der Waals surface area contributed by atoms with Crippen molar-refractivity contribution in [1.82, 2.24) is 0 Å². The minimum Gasteiger partial charge on any atom is -0.249 e. The molecule has 8 bridgehead atoms. The minimum atomic E-state index is 0.937. The van der Waals surface area contributed by atoms with Crippen LogP contribution < -0.4 is 0 Å². The molecular formula is C44H60N4. The molecule has 5 aliphatic heterocycles. The Morgan fingerprint density at radius 1 is 0.396 bits per heavy atom. The molecule has 4 nitrogen and oxygen atoms in total. The largest absolute Gasteiger partial charge is 0.249 e. The molecule has 0 aromatic carbocycles. The number of nitrogens with zero attached hydrogens (tertiary/aromatic N) is 4. The summed E-state index contributed by atoms with van der Waals surface area (Å²) >= 11 is 0. The molecule has 0 saturated carbocycles. The molecule has 5 heterocycles. The summed E-state index contributed by atoms with van der Waals surface area (Å²) in [5.41, 5.74) is 14.1. The van der Waals surface area contributed by atoms with Crippen molar-refractivity contribution in [2.24, 2.45) is 20.0 Å². The van der Waals surface area contributed by atoms with Gasteiger partial charge in [-0.15, -0.1) is 0 Å². The summed E-state index contributed by atoms with van der Waals surface area (Å²) in [6.07, 6.45) is 41.6. The molecule has 0 fully saturated rings. The fraction of sp³-hybridized carbons (Fsp3) is 0.545. The van der Waals surface area contributed by atoms with E-state index >= 15 is 0 Å². The summed E-state index contributed by atoms with van der Waals surface area (Å²) in [7, 11) is 0. The number of hydrogen-bond donors (Lipinski definition) is 0. The monoisotopic (exact) mass is 644 g/mol. The lowest BCUT2D eigenvalue weighted by atomic mass is 9.88. The molecule has 5 rings (SSSR count). The maximum atomic E-state index is 5.64. The second-order valence-electron chi connectivity index (χ2n) is 14.1. The van der Waals surface area contributed by atoms with Gasteiger partial charge < -0.3 is 0 Å². The van der Waals surface area contributed by atoms with Crippen LogP contribution in [0, 0.1) is 0 Å². The normalized spacial score (nSPS) is 18.2. The van der Waals surface area contributed by atoms with Gasteiger partial charge in [-0.3, -0.25) is 0 Å². The van der Waals surface area contributed by atoms with Crippen LogP contribution >= 0.6 is 0 Å². The van der Waals surface area contributed by atoms with Crippen LogP contribution in [0.2, 0.25) is 0 Å². The lowest BCUT2D eigenvalue weighted by Gasteiger charge is -2.17. The van der Waals surface area contributed by atoms with Gasteiger partial charge in [-0.1, -0.05) is 105 Å². The molecule has 256 valence electrons. The Balaban J connectivity index is 1.68. The number of rotatable bonds is 20. The van der Waals surface area contributed by atoms with Gasteiger partial charge in [0, 0.05) is 5.57 Å². The van der Waals surface area contributed by atoms with E-state index in [0.717, 1.165) is 59.9 Å². The van der Waals surface area contributed by atoms with Crippen LogP contribution in [-0.2, 0) is 0 Å². The highest BCUT2D eigenvalue weighted by Crippen LogP contribution is 2.40. The number of hydrogen-bond acceptors (Lipinski definition) is 4. The minimum absolute atomic E-state index is 0.937. The first-order valence-electron chi connectivity index (χ1n) is 19.7. The Morgan fingerprint density at radius 3 is 1.48 bits per heavy atom. The molecule has 0 unspecified atom stereocenters. The Kier molecular flexibility index (Phi) is 14.2. The van der Waals surface area contributed by atoms with Crippen LogP contribution in [-0.4, -0.2) is 22.8 Å². The first-order chi connectivity index (χ1) is 23.6. The Morgan fingerprint density at radius 2 is 0.896 bits per heavy atom. The van der Waals surface area contributed by atoms with Gasteiger partial charge in [0.2, 0.25) is 0 Å². The van der Waals surface area contributed by atoms with Crippen molar-refractivity contribution < 1.29 is 0 Å². The summed E-state index contributed by atoms with van der Waals surface area (Å²) in [5, 5.41) is 0. The summed E-state index contributed by atoms with van der Waals surface area (Å²) < 4.78 is 0. The van der Waals surface area contributed by atoms with Gasteiger partial charge in [0.25, 0.3) is 0 Å². The van der Waals surface area contributed by atoms with Crippen molar-refractivity contribution in [2.75, 3.05) is 0 Å². The van der Waals surface area contributed by atoms with Gasteiger partial charge >= 0.3 is 0 Å². The van der Waals surface area contributed by atoms with Crippen LogP contribution in [0.1, 0.15) is 156 Å². The first-order valence-corrected chi connectivity index (χ1v) is 19.7. The van der Waals surface area contributed by atoms with E-state index in [0.29, 0.717) is 0 Å². The molecule has 0 aromatic rings. The maximum Gasteiger partial charge on any atom is 0.0726 e. The second kappa shape index (κ2) is 19.0. The van der Waals surface area contributed by atoms with Crippen molar-refractivity contribution >= 4 is 22.8 Å². The highest BCUT2D eigenvalue weighted by Gasteiger charge is 2.29. The van der Waals surface area contributed by atoms with Crippen molar-refractivity contribution in [3.63, 3.8) is 0 Å². The summed E-state index contributed by atoms with van der Waals surface area (Å²) in [5.74, 6) is 0. The van der Waals surface area contributed by atoms with Gasteiger partial charge in [-0.05, 0) is 117 Å². The van der Waals surface area contributed by atoms with Crippen molar-refractivity contribution in [3.8, 4) is 0 Å². The van der Waals surface area contributed by atoms with Crippen LogP contribution in [0.3, 0.4) is 0 Å². The van der Waals surface area contributed by atoms with E-state index in [2.05, 4.69) is 76.3 Å². The smallest absolute Gasteiger partial charge is 0.0726 e. The topological polar surface area (TPSA) is 49.4 Å². The van der Waals surface area contributed by atoms with Gasteiger partial charge in [0.1, 0.15) is 0 Å². The van der Waals surface area contributed by atoms with Crippen LogP contribution in [0.5, 0.6) is 0 Å². The molecule has 0 N–H and O–H groups in total. The Bertz CT molecular complexity index is 1540. The van der Waals surface area contributed by atoms with E-state index in [1.54, 1.807) is 0 Å². The number of unbranched alkanes of at least 4 members (excludes halogenated alkanes) is 12. The van der Waals surface area contributed by atoms with Crippen molar-refractivity contribution in [1.29, 1.82) is 0 Å². The second-order valence-corrected chi connectivity index (χ2v) is 14.1. The summed E-state index contributed by atoms with van der Waals surface area (Å²) in [4.78, 5) is 21.0. The lowest BCUT2D eigenvalue weighted by molar-refractivity contribution is 0.652. The van der Waals surface area contributed by atoms with Crippen LogP contribution in [0.25, 0.3) is 0 Å². The van der Waals surface area contributed by atoms with E-state index < -0.39 is 0 Å². The molecule has 4 heteroatoms. The first kappa shape index (κ1) is 35.9. The average Bonchev–Trinajstić information content (AvgIpc) is 3.88. The van der Waals surface area contributed by atoms with Crippen molar-refractivity contribution in [2.45, 2.75) is 156 Å². The molecule has 0 aromatic heterocycles. The van der Waals surface area contributed by atoms with Crippen LogP contribution in [0.4, 0.5) is 0 Å². The molecule has 5 aliphatic rings. The molecule has 0 saturated heterocycles. The lowest BCUT2D eigenvalue weighted by Crippen LogP contribution is -2.09. The fourth-order valence-electron chi connectivity index (χ4n) is 7.31.